The predicted molar refractivity (Wildman–Crippen MR) is 120 cm³/mol. The Morgan fingerprint density at radius 1 is 0.500 bits per heavy atom. The summed E-state index contributed by atoms with van der Waals surface area (Å²) >= 11 is 0. The van der Waals surface area contributed by atoms with Gasteiger partial charge in [-0.15, -0.1) is 20.4 Å². The lowest BCUT2D eigenvalue weighted by Gasteiger charge is -2.06. The van der Waals surface area contributed by atoms with Gasteiger partial charge >= 0.3 is 23.9 Å². The molecule has 36 heavy (non-hydrogen) atoms. The Bertz CT molecular complexity index is 1350. The molecule has 0 aliphatic carbocycles. The summed E-state index contributed by atoms with van der Waals surface area (Å²) in [6.07, 6.45) is 1.36. The number of benzene rings is 2. The van der Waals surface area contributed by atoms with Crippen LogP contribution >= 0.6 is 0 Å². The second-order valence-corrected chi connectivity index (χ2v) is 7.30. The fourth-order valence-corrected chi connectivity index (χ4v) is 3.18. The van der Waals surface area contributed by atoms with Crippen LogP contribution in [0.2, 0.25) is 0 Å². The normalized spacial score (nSPS) is 10.6. The van der Waals surface area contributed by atoms with Gasteiger partial charge in [0, 0.05) is 22.9 Å². The van der Waals surface area contributed by atoms with Crippen LogP contribution in [0.25, 0.3) is 34.0 Å². The highest BCUT2D eigenvalue weighted by Gasteiger charge is 2.16. The van der Waals surface area contributed by atoms with Crippen LogP contribution in [0.15, 0.2) is 54.7 Å². The van der Waals surface area contributed by atoms with E-state index in [0.29, 0.717) is 11.3 Å². The number of pyridine rings is 1. The van der Waals surface area contributed by atoms with Crippen LogP contribution in [-0.4, -0.2) is 69.7 Å². The van der Waals surface area contributed by atoms with Crippen LogP contribution in [0.5, 0.6) is 0 Å². The summed E-state index contributed by atoms with van der Waals surface area (Å²) in [6, 6.07) is 10.1. The highest BCUT2D eigenvalue weighted by Crippen LogP contribution is 2.24. The van der Waals surface area contributed by atoms with Gasteiger partial charge < -0.3 is 20.4 Å². The summed E-state index contributed by atoms with van der Waals surface area (Å²) in [6.45, 7) is 0. The van der Waals surface area contributed by atoms with E-state index < -0.39 is 23.9 Å². The maximum absolute atomic E-state index is 11.3. The zero-order valence-electron chi connectivity index (χ0n) is 17.9. The van der Waals surface area contributed by atoms with E-state index in [-0.39, 0.29) is 45.0 Å². The van der Waals surface area contributed by atoms with E-state index in [1.54, 1.807) is 6.07 Å². The topological polar surface area (TPSA) is 214 Å². The van der Waals surface area contributed by atoms with Crippen molar-refractivity contribution in [2.24, 2.45) is 0 Å². The Morgan fingerprint density at radius 3 is 1.25 bits per heavy atom. The fourth-order valence-electron chi connectivity index (χ4n) is 3.18. The highest BCUT2D eigenvalue weighted by atomic mass is 16.4. The quantitative estimate of drug-likeness (QED) is 0.295. The van der Waals surface area contributed by atoms with Crippen molar-refractivity contribution >= 4 is 23.9 Å². The van der Waals surface area contributed by atoms with E-state index in [4.69, 9.17) is 0 Å². The maximum atomic E-state index is 11.3. The third kappa shape index (κ3) is 4.84. The number of hydrogen-bond donors (Lipinski definition) is 4. The first-order valence-corrected chi connectivity index (χ1v) is 9.90. The molecule has 13 heteroatoms. The smallest absolute Gasteiger partial charge is 0.335 e. The lowest BCUT2D eigenvalue weighted by molar-refractivity contribution is 0.0676. The number of carboxylic acids is 4. The average molecular weight is 487 g/mol. The van der Waals surface area contributed by atoms with Crippen molar-refractivity contribution in [1.29, 1.82) is 0 Å². The molecule has 2 aromatic heterocycles. The standard InChI is InChI=1S/C23H13N5O8/c29-20(30)13-3-11(4-14(7-13)21(31)32)17-2-1-10(9-24-17)18-25-27-19(28-26-18)12-5-15(22(33)34)8-16(6-12)23(35)36/h1-9H,(H,29,30)(H,31,32)(H,33,34)(H,35,36). The minimum atomic E-state index is -1.33. The molecule has 0 aliphatic heterocycles. The van der Waals surface area contributed by atoms with Crippen molar-refractivity contribution in [3.63, 3.8) is 0 Å². The van der Waals surface area contributed by atoms with Crippen molar-refractivity contribution in [3.8, 4) is 34.0 Å². The lowest BCUT2D eigenvalue weighted by Crippen LogP contribution is -2.05. The van der Waals surface area contributed by atoms with Gasteiger partial charge in [0.25, 0.3) is 0 Å². The molecule has 0 amide bonds. The van der Waals surface area contributed by atoms with E-state index in [1.807, 2.05) is 0 Å². The van der Waals surface area contributed by atoms with E-state index in [2.05, 4.69) is 25.4 Å². The van der Waals surface area contributed by atoms with Crippen LogP contribution in [0.3, 0.4) is 0 Å². The molecular weight excluding hydrogens is 474 g/mol. The first-order chi connectivity index (χ1) is 17.1. The van der Waals surface area contributed by atoms with Crippen LogP contribution < -0.4 is 0 Å². The van der Waals surface area contributed by atoms with Crippen molar-refractivity contribution < 1.29 is 39.6 Å². The second-order valence-electron chi connectivity index (χ2n) is 7.30. The number of carboxylic acid groups (broad SMARTS) is 4. The molecule has 0 radical (unpaired) electrons. The summed E-state index contributed by atoms with van der Waals surface area (Å²) in [7, 11) is 0. The molecule has 0 bridgehead atoms. The van der Waals surface area contributed by atoms with E-state index in [1.165, 1.54) is 36.5 Å². The van der Waals surface area contributed by atoms with Gasteiger partial charge in [0.2, 0.25) is 11.6 Å². The average Bonchev–Trinajstić information content (AvgIpc) is 2.88. The number of aromatic carboxylic acids is 4. The Morgan fingerprint density at radius 2 is 0.889 bits per heavy atom. The van der Waals surface area contributed by atoms with E-state index in [0.717, 1.165) is 12.1 Å². The van der Waals surface area contributed by atoms with Crippen LogP contribution in [0.4, 0.5) is 0 Å². The summed E-state index contributed by atoms with van der Waals surface area (Å²) in [5.41, 5.74) is 0.101. The fraction of sp³-hybridized carbons (Fsp3) is 0. The molecule has 13 nitrogen and oxygen atoms in total. The van der Waals surface area contributed by atoms with E-state index >= 15 is 0 Å². The molecule has 178 valence electrons. The maximum Gasteiger partial charge on any atom is 0.335 e. The molecule has 0 spiro atoms. The Balaban J connectivity index is 1.64. The van der Waals surface area contributed by atoms with Gasteiger partial charge in [-0.05, 0) is 48.5 Å². The lowest BCUT2D eigenvalue weighted by atomic mass is 10.0. The van der Waals surface area contributed by atoms with Gasteiger partial charge in [0.1, 0.15) is 0 Å². The Kier molecular flexibility index (Phi) is 6.11. The predicted octanol–water partition coefficient (Wildman–Crippen LogP) is 2.46. The summed E-state index contributed by atoms with van der Waals surface area (Å²) in [5.74, 6) is -5.27. The SMILES string of the molecule is O=C(O)c1cc(C(=O)O)cc(-c2ccc(-c3nnc(-c4cc(C(=O)O)cc(C(=O)O)c4)nn3)cn2)c1. The van der Waals surface area contributed by atoms with Crippen molar-refractivity contribution in [3.05, 3.63) is 77.0 Å². The van der Waals surface area contributed by atoms with Gasteiger partial charge in [-0.3, -0.25) is 4.98 Å². The van der Waals surface area contributed by atoms with Crippen molar-refractivity contribution in [2.45, 2.75) is 0 Å². The van der Waals surface area contributed by atoms with Crippen LogP contribution in [0.1, 0.15) is 41.4 Å². The molecule has 4 N–H and O–H groups in total. The number of aromatic nitrogens is 5. The van der Waals surface area contributed by atoms with E-state index in [9.17, 15) is 39.6 Å². The zero-order valence-corrected chi connectivity index (χ0v) is 17.9. The number of hydrogen-bond acceptors (Lipinski definition) is 9. The zero-order chi connectivity index (χ0) is 26.0. The number of rotatable bonds is 7. The second kappa shape index (κ2) is 9.34. The third-order valence-electron chi connectivity index (χ3n) is 4.91. The number of carbonyl (C=O) groups is 4. The molecule has 0 saturated carbocycles. The van der Waals surface area contributed by atoms with Gasteiger partial charge in [-0.25, -0.2) is 19.2 Å². The largest absolute Gasteiger partial charge is 0.478 e. The van der Waals surface area contributed by atoms with Crippen molar-refractivity contribution in [1.82, 2.24) is 25.4 Å². The molecule has 2 heterocycles. The van der Waals surface area contributed by atoms with Gasteiger partial charge in [-0.2, -0.15) is 0 Å². The molecular formula is C23H13N5O8. The summed E-state index contributed by atoms with van der Waals surface area (Å²) < 4.78 is 0. The highest BCUT2D eigenvalue weighted by molar-refractivity contribution is 5.96. The Labute approximate surface area is 200 Å². The molecule has 4 aromatic rings. The first-order valence-electron chi connectivity index (χ1n) is 9.90. The molecule has 4 rings (SSSR count). The minimum Gasteiger partial charge on any atom is -0.478 e. The Hall–Kier alpha value is -5.59. The molecule has 0 unspecified atom stereocenters. The minimum absolute atomic E-state index is 0.0520. The van der Waals surface area contributed by atoms with Gasteiger partial charge in [-0.1, -0.05) is 0 Å². The molecule has 0 fully saturated rings. The molecule has 2 aromatic carbocycles. The molecule has 0 aliphatic rings. The van der Waals surface area contributed by atoms with Gasteiger partial charge in [0.05, 0.1) is 27.9 Å². The number of nitrogens with zero attached hydrogens (tertiary/aromatic N) is 5. The summed E-state index contributed by atoms with van der Waals surface area (Å²) in [4.78, 5) is 49.5. The van der Waals surface area contributed by atoms with Crippen molar-refractivity contribution in [2.75, 3.05) is 0 Å². The van der Waals surface area contributed by atoms with Crippen LogP contribution in [-0.2, 0) is 0 Å². The monoisotopic (exact) mass is 487 g/mol. The van der Waals surface area contributed by atoms with Crippen LogP contribution in [0, 0.1) is 0 Å². The molecule has 0 saturated heterocycles. The first kappa shape index (κ1) is 23.6. The third-order valence-corrected chi connectivity index (χ3v) is 4.91. The summed E-state index contributed by atoms with van der Waals surface area (Å²) in [5, 5.41) is 52.6. The van der Waals surface area contributed by atoms with Gasteiger partial charge in [0.15, 0.2) is 0 Å². The molecule has 0 atom stereocenters.